The molecule has 0 aromatic heterocycles. The van der Waals surface area contributed by atoms with E-state index in [-0.39, 0.29) is 0 Å². The van der Waals surface area contributed by atoms with E-state index in [1.54, 1.807) is 11.7 Å². The van der Waals surface area contributed by atoms with Gasteiger partial charge in [0.15, 0.2) is 0 Å². The van der Waals surface area contributed by atoms with E-state index in [0.717, 1.165) is 6.42 Å². The molecule has 1 rings (SSSR count). The van der Waals surface area contributed by atoms with Crippen LogP contribution in [0.2, 0.25) is 0 Å². The third kappa shape index (κ3) is 15.4. The Kier molecular flexibility index (Phi) is 19.2. The van der Waals surface area contributed by atoms with Crippen LogP contribution in [0, 0.1) is 11.8 Å². The van der Waals surface area contributed by atoms with Crippen LogP contribution in [0.4, 0.5) is 0 Å². The van der Waals surface area contributed by atoms with Crippen LogP contribution in [0.1, 0.15) is 129 Å². The molecule has 0 bridgehead atoms. The Balaban J connectivity index is 2.35. The fourth-order valence-electron chi connectivity index (χ4n) is 4.69. The first-order valence-electron chi connectivity index (χ1n) is 13.9. The third-order valence-electron chi connectivity index (χ3n) is 6.77. The average Bonchev–Trinajstić information content (AvgIpc) is 2.81. The van der Waals surface area contributed by atoms with Gasteiger partial charge < -0.3 is 0 Å². The summed E-state index contributed by atoms with van der Waals surface area (Å²) in [5.41, 5.74) is 1.70. The molecular formula is C30H51NO. The summed E-state index contributed by atoms with van der Waals surface area (Å²) in [6, 6.07) is 0. The van der Waals surface area contributed by atoms with E-state index in [1.807, 2.05) is 0 Å². The summed E-state index contributed by atoms with van der Waals surface area (Å²) in [7, 11) is 0. The van der Waals surface area contributed by atoms with E-state index < -0.39 is 0 Å². The molecule has 2 unspecified atom stereocenters. The smallest absolute Gasteiger partial charge is 0.211 e. The Hall–Kier alpha value is -1.40. The second kappa shape index (κ2) is 21.4. The number of carbonyl (C=O) groups excluding carboxylic acids is 1. The molecule has 2 heteroatoms. The summed E-state index contributed by atoms with van der Waals surface area (Å²) in [5.74, 6) is 1.40. The first kappa shape index (κ1) is 28.6. The molecule has 182 valence electrons. The highest BCUT2D eigenvalue weighted by Gasteiger charge is 2.21. The molecule has 0 aliphatic heterocycles. The molecule has 0 N–H and O–H groups in total. The van der Waals surface area contributed by atoms with Crippen molar-refractivity contribution in [1.82, 2.24) is 0 Å². The maximum Gasteiger partial charge on any atom is 0.234 e. The Morgan fingerprint density at radius 1 is 0.812 bits per heavy atom. The molecule has 1 aliphatic carbocycles. The molecule has 32 heavy (non-hydrogen) atoms. The van der Waals surface area contributed by atoms with Crippen LogP contribution >= 0.6 is 0 Å². The third-order valence-corrected chi connectivity index (χ3v) is 6.77. The predicted molar refractivity (Wildman–Crippen MR) is 141 cm³/mol. The summed E-state index contributed by atoms with van der Waals surface area (Å²) < 4.78 is 0. The molecule has 2 atom stereocenters. The summed E-state index contributed by atoms with van der Waals surface area (Å²) in [6.45, 7) is 5.22. The van der Waals surface area contributed by atoms with Crippen LogP contribution in [0.3, 0.4) is 0 Å². The van der Waals surface area contributed by atoms with E-state index in [0.29, 0.717) is 18.4 Å². The van der Waals surface area contributed by atoms with Gasteiger partial charge >= 0.3 is 0 Å². The van der Waals surface area contributed by atoms with Crippen molar-refractivity contribution in [3.63, 3.8) is 0 Å². The van der Waals surface area contributed by atoms with Gasteiger partial charge in [-0.2, -0.15) is 0 Å². The monoisotopic (exact) mass is 441 g/mol. The minimum absolute atomic E-state index is 0.654. The maximum absolute atomic E-state index is 10.0. The normalized spacial score (nSPS) is 18.9. The van der Waals surface area contributed by atoms with Crippen molar-refractivity contribution in [1.29, 1.82) is 0 Å². The molecule has 1 aliphatic rings. The Labute approximate surface area is 199 Å². The van der Waals surface area contributed by atoms with Gasteiger partial charge in [0.2, 0.25) is 6.08 Å². The topological polar surface area (TPSA) is 29.4 Å². The van der Waals surface area contributed by atoms with E-state index in [9.17, 15) is 4.79 Å². The largest absolute Gasteiger partial charge is 0.234 e. The van der Waals surface area contributed by atoms with Crippen molar-refractivity contribution in [2.24, 2.45) is 16.8 Å². The highest BCUT2D eigenvalue weighted by molar-refractivity contribution is 5.32. The van der Waals surface area contributed by atoms with Crippen LogP contribution in [-0.4, -0.2) is 12.6 Å². The molecule has 0 amide bonds. The average molecular weight is 442 g/mol. The molecule has 0 spiro atoms. The lowest BCUT2D eigenvalue weighted by Gasteiger charge is -2.28. The molecule has 0 fully saturated rings. The predicted octanol–water partition coefficient (Wildman–Crippen LogP) is 9.67. The summed E-state index contributed by atoms with van der Waals surface area (Å²) in [6.07, 6.45) is 37.3. The minimum atomic E-state index is 0.654. The molecule has 0 saturated carbocycles. The van der Waals surface area contributed by atoms with Crippen LogP contribution in [0.25, 0.3) is 0 Å². The van der Waals surface area contributed by atoms with Crippen LogP contribution in [0.5, 0.6) is 0 Å². The Bertz CT molecular complexity index is 567. The summed E-state index contributed by atoms with van der Waals surface area (Å²) in [4.78, 5) is 13.7. The van der Waals surface area contributed by atoms with Crippen molar-refractivity contribution in [2.75, 3.05) is 6.54 Å². The van der Waals surface area contributed by atoms with E-state index >= 15 is 0 Å². The van der Waals surface area contributed by atoms with Crippen molar-refractivity contribution < 1.29 is 4.79 Å². The van der Waals surface area contributed by atoms with Gasteiger partial charge in [-0.3, -0.25) is 0 Å². The van der Waals surface area contributed by atoms with Gasteiger partial charge in [-0.25, -0.2) is 9.79 Å². The van der Waals surface area contributed by atoms with Crippen molar-refractivity contribution in [2.45, 2.75) is 129 Å². The number of isocyanates is 1. The van der Waals surface area contributed by atoms with Gasteiger partial charge in [-0.05, 0) is 69.6 Å². The molecule has 0 aromatic rings. The first-order chi connectivity index (χ1) is 15.8. The number of rotatable bonds is 20. The minimum Gasteiger partial charge on any atom is -0.211 e. The lowest BCUT2D eigenvalue weighted by atomic mass is 9.77. The highest BCUT2D eigenvalue weighted by atomic mass is 16.1. The summed E-state index contributed by atoms with van der Waals surface area (Å²) in [5, 5.41) is 0. The number of nitrogens with zero attached hydrogens (tertiary/aromatic N) is 1. The highest BCUT2D eigenvalue weighted by Crippen LogP contribution is 2.34. The Morgan fingerprint density at radius 3 is 2.03 bits per heavy atom. The van der Waals surface area contributed by atoms with Gasteiger partial charge in [0.1, 0.15) is 0 Å². The lowest BCUT2D eigenvalue weighted by Crippen LogP contribution is -2.15. The quantitative estimate of drug-likeness (QED) is 0.0800. The van der Waals surface area contributed by atoms with Gasteiger partial charge in [0, 0.05) is 0 Å². The Morgan fingerprint density at radius 2 is 1.41 bits per heavy atom. The van der Waals surface area contributed by atoms with Gasteiger partial charge in [0.25, 0.3) is 0 Å². The zero-order chi connectivity index (χ0) is 23.1. The fourth-order valence-corrected chi connectivity index (χ4v) is 4.69. The number of allylic oxidation sites excluding steroid dienone is 6. The van der Waals surface area contributed by atoms with Crippen molar-refractivity contribution in [3.05, 3.63) is 36.0 Å². The van der Waals surface area contributed by atoms with Gasteiger partial charge in [0.05, 0.1) is 6.54 Å². The lowest BCUT2D eigenvalue weighted by molar-refractivity contribution is 0.438. The zero-order valence-corrected chi connectivity index (χ0v) is 21.3. The number of hydrogen-bond acceptors (Lipinski definition) is 2. The second-order valence-electron chi connectivity index (χ2n) is 9.68. The molecule has 0 aromatic carbocycles. The van der Waals surface area contributed by atoms with E-state index in [4.69, 9.17) is 0 Å². The molecule has 0 radical (unpaired) electrons. The molecule has 0 saturated heterocycles. The number of unbranched alkanes of at least 4 members (excludes halogenated alkanes) is 12. The number of hydrogen-bond donors (Lipinski definition) is 0. The maximum atomic E-state index is 10.0. The molecule has 2 nitrogen and oxygen atoms in total. The molecular weight excluding hydrogens is 390 g/mol. The standard InChI is InChI=1S/C30H51NO/c1-3-5-7-12-17-21-29-24-23-28(26-30(29)22-18-13-8-6-4-2)20-16-14-10-9-11-15-19-25-31-27-32/h17-18,21-23,29-30H,3-16,19-20,24-26H2,1-2H3. The van der Waals surface area contributed by atoms with Crippen LogP contribution in [-0.2, 0) is 4.79 Å². The van der Waals surface area contributed by atoms with Crippen molar-refractivity contribution in [3.8, 4) is 0 Å². The SMILES string of the molecule is CCCCCC=CC1CC=C(CCCCCCCCCN=C=O)CC1C=CCCCCC. The van der Waals surface area contributed by atoms with Crippen LogP contribution < -0.4 is 0 Å². The first-order valence-corrected chi connectivity index (χ1v) is 13.9. The van der Waals surface area contributed by atoms with E-state index in [2.05, 4.69) is 49.2 Å². The van der Waals surface area contributed by atoms with Crippen molar-refractivity contribution >= 4 is 6.08 Å². The zero-order valence-electron chi connectivity index (χ0n) is 21.3. The fraction of sp³-hybridized carbons (Fsp3) is 0.767. The summed E-state index contributed by atoms with van der Waals surface area (Å²) >= 11 is 0. The van der Waals surface area contributed by atoms with Crippen LogP contribution in [0.15, 0.2) is 40.9 Å². The van der Waals surface area contributed by atoms with Gasteiger partial charge in [-0.1, -0.05) is 108 Å². The second-order valence-corrected chi connectivity index (χ2v) is 9.68. The number of aliphatic imine (C=N–C) groups is 1. The molecule has 0 heterocycles. The van der Waals surface area contributed by atoms with E-state index in [1.165, 1.54) is 109 Å². The van der Waals surface area contributed by atoms with Gasteiger partial charge in [-0.15, -0.1) is 0 Å².